The number of nitrogens with zero attached hydrogens (tertiary/aromatic N) is 3. The third-order valence-corrected chi connectivity index (χ3v) is 4.75. The minimum atomic E-state index is -0.122. The van der Waals surface area contributed by atoms with E-state index in [1.165, 1.54) is 11.8 Å². The maximum atomic E-state index is 12.2. The fourth-order valence-corrected chi connectivity index (χ4v) is 3.30. The lowest BCUT2D eigenvalue weighted by Crippen LogP contribution is -2.14. The van der Waals surface area contributed by atoms with E-state index in [9.17, 15) is 4.79 Å². The Labute approximate surface area is 160 Å². The van der Waals surface area contributed by atoms with Gasteiger partial charge in [0.1, 0.15) is 0 Å². The van der Waals surface area contributed by atoms with Crippen molar-refractivity contribution in [3.63, 3.8) is 0 Å². The number of carbonyl (C=O) groups excluding carboxylic acids is 1. The summed E-state index contributed by atoms with van der Waals surface area (Å²) < 4.78 is 1.89. The number of hydrogen-bond donors (Lipinski definition) is 1. The molecule has 0 bridgehead atoms. The zero-order valence-corrected chi connectivity index (χ0v) is 15.3. The molecule has 130 valence electrons. The van der Waals surface area contributed by atoms with Gasteiger partial charge in [-0.25, -0.2) is 4.98 Å². The van der Waals surface area contributed by atoms with Gasteiger partial charge in [-0.1, -0.05) is 41.6 Å². The molecule has 1 aromatic heterocycles. The van der Waals surface area contributed by atoms with Gasteiger partial charge in [0.05, 0.1) is 18.2 Å². The van der Waals surface area contributed by atoms with Crippen LogP contribution in [0.15, 0.2) is 66.1 Å². The number of benzene rings is 2. The molecule has 1 amide bonds. The van der Waals surface area contributed by atoms with Crippen LogP contribution in [-0.2, 0) is 11.2 Å². The van der Waals surface area contributed by atoms with Crippen LogP contribution in [0.3, 0.4) is 0 Å². The van der Waals surface area contributed by atoms with Crippen LogP contribution in [0.2, 0.25) is 5.02 Å². The molecule has 0 radical (unpaired) electrons. The van der Waals surface area contributed by atoms with Crippen LogP contribution in [0.25, 0.3) is 5.69 Å². The van der Waals surface area contributed by atoms with E-state index in [-0.39, 0.29) is 11.7 Å². The number of hydrogen-bond acceptors (Lipinski definition) is 4. The summed E-state index contributed by atoms with van der Waals surface area (Å²) in [4.78, 5) is 16.5. The molecule has 1 N–H and O–H groups in total. The van der Waals surface area contributed by atoms with E-state index >= 15 is 0 Å². The first-order valence-corrected chi connectivity index (χ1v) is 9.20. The molecular formula is C19H15ClN4OS. The summed E-state index contributed by atoms with van der Waals surface area (Å²) in [7, 11) is 0. The molecule has 0 saturated carbocycles. The molecule has 7 heteroatoms. The fourth-order valence-electron chi connectivity index (χ4n) is 2.34. The van der Waals surface area contributed by atoms with Crippen LogP contribution in [0.5, 0.6) is 0 Å². The highest BCUT2D eigenvalue weighted by atomic mass is 35.5. The van der Waals surface area contributed by atoms with Crippen molar-refractivity contribution in [1.82, 2.24) is 9.55 Å². The molecule has 0 spiro atoms. The number of nitrogens with one attached hydrogen (secondary N) is 1. The van der Waals surface area contributed by atoms with Crippen molar-refractivity contribution in [1.29, 1.82) is 5.26 Å². The average Bonchev–Trinajstić information content (AvgIpc) is 3.10. The minimum Gasteiger partial charge on any atom is -0.325 e. The first-order chi connectivity index (χ1) is 12.7. The second-order valence-corrected chi connectivity index (χ2v) is 6.81. The summed E-state index contributed by atoms with van der Waals surface area (Å²) in [5.41, 5.74) is 2.52. The van der Waals surface area contributed by atoms with Gasteiger partial charge in [-0.3, -0.25) is 9.36 Å². The van der Waals surface area contributed by atoms with Crippen LogP contribution < -0.4 is 5.32 Å². The van der Waals surface area contributed by atoms with E-state index in [1.54, 1.807) is 18.3 Å². The molecule has 2 aromatic carbocycles. The van der Waals surface area contributed by atoms with Gasteiger partial charge < -0.3 is 5.32 Å². The number of thioether (sulfide) groups is 1. The molecule has 0 fully saturated rings. The Morgan fingerprint density at radius 3 is 2.81 bits per heavy atom. The SMILES string of the molecule is N#CCc1ccc(NC(=O)CSc2nccn2-c2cccc(Cl)c2)cc1. The second kappa shape index (κ2) is 8.56. The normalized spacial score (nSPS) is 10.3. The Hall–Kier alpha value is -2.75. The van der Waals surface area contributed by atoms with Crippen molar-refractivity contribution in [3.8, 4) is 11.8 Å². The molecule has 26 heavy (non-hydrogen) atoms. The Balaban J connectivity index is 1.60. The van der Waals surface area contributed by atoms with E-state index in [1.807, 2.05) is 47.2 Å². The molecular weight excluding hydrogens is 368 g/mol. The summed E-state index contributed by atoms with van der Waals surface area (Å²) in [5.74, 6) is 0.112. The van der Waals surface area contributed by atoms with Crippen LogP contribution >= 0.6 is 23.4 Å². The van der Waals surface area contributed by atoms with Gasteiger partial charge in [-0.15, -0.1) is 0 Å². The standard InChI is InChI=1S/C19H15ClN4OS/c20-15-2-1-3-17(12-15)24-11-10-22-19(24)26-13-18(25)23-16-6-4-14(5-7-16)8-9-21/h1-7,10-12H,8,13H2,(H,23,25). The van der Waals surface area contributed by atoms with Gasteiger partial charge in [0.25, 0.3) is 0 Å². The quantitative estimate of drug-likeness (QED) is 0.644. The summed E-state index contributed by atoms with van der Waals surface area (Å²) >= 11 is 7.39. The number of anilines is 1. The molecule has 0 atom stereocenters. The summed E-state index contributed by atoms with van der Waals surface area (Å²) in [5, 5.41) is 12.9. The van der Waals surface area contributed by atoms with E-state index in [2.05, 4.69) is 16.4 Å². The van der Waals surface area contributed by atoms with Gasteiger partial charge in [-0.05, 0) is 35.9 Å². The van der Waals surface area contributed by atoms with Crippen molar-refractivity contribution in [2.45, 2.75) is 11.6 Å². The van der Waals surface area contributed by atoms with Gasteiger partial charge >= 0.3 is 0 Å². The summed E-state index contributed by atoms with van der Waals surface area (Å²) in [6, 6.07) is 16.8. The summed E-state index contributed by atoms with van der Waals surface area (Å²) in [6.45, 7) is 0. The monoisotopic (exact) mass is 382 g/mol. The van der Waals surface area contributed by atoms with Crippen LogP contribution in [0, 0.1) is 11.3 Å². The maximum absolute atomic E-state index is 12.2. The lowest BCUT2D eigenvalue weighted by atomic mass is 10.1. The van der Waals surface area contributed by atoms with Gasteiger partial charge in [0.15, 0.2) is 5.16 Å². The highest BCUT2D eigenvalue weighted by Crippen LogP contribution is 2.22. The highest BCUT2D eigenvalue weighted by Gasteiger charge is 2.10. The molecule has 0 aliphatic carbocycles. The van der Waals surface area contributed by atoms with Gasteiger partial charge in [0.2, 0.25) is 5.91 Å². The van der Waals surface area contributed by atoms with E-state index in [0.717, 1.165) is 11.3 Å². The molecule has 3 rings (SSSR count). The van der Waals surface area contributed by atoms with Crippen molar-refractivity contribution in [2.24, 2.45) is 0 Å². The Morgan fingerprint density at radius 2 is 2.08 bits per heavy atom. The zero-order valence-electron chi connectivity index (χ0n) is 13.7. The first kappa shape index (κ1) is 18.1. The first-order valence-electron chi connectivity index (χ1n) is 7.83. The van der Waals surface area contributed by atoms with E-state index in [4.69, 9.17) is 16.9 Å². The maximum Gasteiger partial charge on any atom is 0.234 e. The molecule has 1 heterocycles. The molecule has 0 aliphatic heterocycles. The third-order valence-electron chi connectivity index (χ3n) is 3.55. The van der Waals surface area contributed by atoms with Crippen molar-refractivity contribution < 1.29 is 4.79 Å². The lowest BCUT2D eigenvalue weighted by molar-refractivity contribution is -0.113. The number of carbonyl (C=O) groups is 1. The van der Waals surface area contributed by atoms with E-state index < -0.39 is 0 Å². The van der Waals surface area contributed by atoms with Crippen LogP contribution in [0.1, 0.15) is 5.56 Å². The Kier molecular flexibility index (Phi) is 5.95. The molecule has 5 nitrogen and oxygen atoms in total. The number of nitriles is 1. The van der Waals surface area contributed by atoms with Crippen molar-refractivity contribution in [3.05, 3.63) is 71.5 Å². The smallest absolute Gasteiger partial charge is 0.234 e. The largest absolute Gasteiger partial charge is 0.325 e. The third kappa shape index (κ3) is 4.66. The van der Waals surface area contributed by atoms with Crippen molar-refractivity contribution in [2.75, 3.05) is 11.1 Å². The highest BCUT2D eigenvalue weighted by molar-refractivity contribution is 7.99. The minimum absolute atomic E-state index is 0.122. The molecule has 3 aromatic rings. The molecule has 0 aliphatic rings. The van der Waals surface area contributed by atoms with Gasteiger partial charge in [0, 0.05) is 28.8 Å². The van der Waals surface area contributed by atoms with Crippen LogP contribution in [0.4, 0.5) is 5.69 Å². The van der Waals surface area contributed by atoms with Gasteiger partial charge in [-0.2, -0.15) is 5.26 Å². The van der Waals surface area contributed by atoms with Crippen molar-refractivity contribution >= 4 is 35.0 Å². The lowest BCUT2D eigenvalue weighted by Gasteiger charge is -2.08. The zero-order chi connectivity index (χ0) is 18.4. The average molecular weight is 383 g/mol. The summed E-state index contributed by atoms with van der Waals surface area (Å²) in [6.07, 6.45) is 3.88. The number of amides is 1. The number of aromatic nitrogens is 2. The van der Waals surface area contributed by atoms with Crippen LogP contribution in [-0.4, -0.2) is 21.2 Å². The molecule has 0 unspecified atom stereocenters. The topological polar surface area (TPSA) is 70.7 Å². The Morgan fingerprint density at radius 1 is 1.27 bits per heavy atom. The second-order valence-electron chi connectivity index (χ2n) is 5.43. The number of imidazole rings is 1. The number of halogens is 1. The number of rotatable bonds is 6. The predicted octanol–water partition coefficient (Wildman–Crippen LogP) is 4.32. The predicted molar refractivity (Wildman–Crippen MR) is 104 cm³/mol. The fraction of sp³-hybridized carbons (Fsp3) is 0.105. The Bertz CT molecular complexity index is 947. The molecule has 0 saturated heterocycles. The van der Waals surface area contributed by atoms with E-state index in [0.29, 0.717) is 22.3 Å².